The van der Waals surface area contributed by atoms with E-state index in [0.717, 1.165) is 0 Å². The lowest BCUT2D eigenvalue weighted by Gasteiger charge is -2.32. The summed E-state index contributed by atoms with van der Waals surface area (Å²) in [4.78, 5) is 40.5. The van der Waals surface area contributed by atoms with E-state index >= 15 is 0 Å². The lowest BCUT2D eigenvalue weighted by atomic mass is 9.96. The fraction of sp³-hybridized carbons (Fsp3) is 0.571. The third-order valence-corrected chi connectivity index (χ3v) is 7.70. The molecule has 0 radical (unpaired) electrons. The van der Waals surface area contributed by atoms with Crippen LogP contribution in [0.5, 0.6) is 0 Å². The Morgan fingerprint density at radius 1 is 1.13 bits per heavy atom. The Balaban J connectivity index is 1.48. The zero-order chi connectivity index (χ0) is 22.8. The van der Waals surface area contributed by atoms with Gasteiger partial charge in [0.1, 0.15) is 5.82 Å². The van der Waals surface area contributed by atoms with Crippen molar-refractivity contribution in [1.29, 1.82) is 0 Å². The molecule has 1 aromatic rings. The number of esters is 1. The molecule has 0 saturated carbocycles. The summed E-state index contributed by atoms with van der Waals surface area (Å²) in [5, 5.41) is 0. The number of carbonyl (C=O) groups excluding carboxylic acids is 3. The molecular weight excluding hydrogens is 427 g/mol. The number of likely N-dealkylation sites (tertiary alicyclic amines) is 1. The highest BCUT2D eigenvalue weighted by atomic mass is 32.2. The molecule has 2 saturated heterocycles. The highest BCUT2D eigenvalue weighted by Crippen LogP contribution is 2.22. The van der Waals surface area contributed by atoms with Gasteiger partial charge < -0.3 is 14.5 Å². The van der Waals surface area contributed by atoms with Gasteiger partial charge in [0.05, 0.1) is 17.4 Å². The van der Waals surface area contributed by atoms with Crippen LogP contribution in [-0.2, 0) is 24.2 Å². The molecule has 3 rings (SSSR count). The minimum atomic E-state index is -3.13. The van der Waals surface area contributed by atoms with Gasteiger partial charge in [-0.2, -0.15) is 0 Å². The summed E-state index contributed by atoms with van der Waals surface area (Å²) in [5.74, 6) is -2.01. The Bertz CT molecular complexity index is 941. The van der Waals surface area contributed by atoms with E-state index in [-0.39, 0.29) is 17.4 Å². The molecule has 31 heavy (non-hydrogen) atoms. The third kappa shape index (κ3) is 5.61. The lowest BCUT2D eigenvalue weighted by molar-refractivity contribution is -0.163. The molecule has 0 spiro atoms. The molecule has 1 aromatic carbocycles. The molecule has 2 aliphatic rings. The molecule has 0 aromatic heterocycles. The minimum Gasteiger partial charge on any atom is -0.452 e. The second-order valence-corrected chi connectivity index (χ2v) is 10.4. The van der Waals surface area contributed by atoms with Gasteiger partial charge in [0.25, 0.3) is 11.8 Å². The SMILES string of the molecule is C[C@@H](OC(=O)C1CCN(C(=O)c2ccc(F)cc2)CC1)C(=O)N(C)[C@@H]1CCS(=O)(=O)C1. The van der Waals surface area contributed by atoms with Crippen LogP contribution in [0.4, 0.5) is 4.39 Å². The van der Waals surface area contributed by atoms with E-state index in [1.165, 1.54) is 43.1 Å². The van der Waals surface area contributed by atoms with Crippen molar-refractivity contribution in [3.05, 3.63) is 35.6 Å². The second-order valence-electron chi connectivity index (χ2n) is 8.16. The van der Waals surface area contributed by atoms with Crippen molar-refractivity contribution in [1.82, 2.24) is 9.80 Å². The maximum absolute atomic E-state index is 13.0. The number of nitrogens with zero attached hydrogens (tertiary/aromatic N) is 2. The van der Waals surface area contributed by atoms with E-state index in [4.69, 9.17) is 4.74 Å². The number of sulfone groups is 1. The molecule has 0 N–H and O–H groups in total. The number of rotatable bonds is 5. The monoisotopic (exact) mass is 454 g/mol. The van der Waals surface area contributed by atoms with Crippen molar-refractivity contribution in [3.8, 4) is 0 Å². The fourth-order valence-corrected chi connectivity index (χ4v) is 5.74. The summed E-state index contributed by atoms with van der Waals surface area (Å²) in [7, 11) is -1.60. The van der Waals surface area contributed by atoms with Crippen LogP contribution in [0.3, 0.4) is 0 Å². The van der Waals surface area contributed by atoms with Crippen LogP contribution in [0.15, 0.2) is 24.3 Å². The first-order valence-corrected chi connectivity index (χ1v) is 12.1. The molecule has 0 aliphatic carbocycles. The van der Waals surface area contributed by atoms with Crippen LogP contribution in [0, 0.1) is 11.7 Å². The summed E-state index contributed by atoms with van der Waals surface area (Å²) in [5.41, 5.74) is 0.388. The minimum absolute atomic E-state index is 0.0542. The molecule has 8 nitrogen and oxygen atoms in total. The van der Waals surface area contributed by atoms with Gasteiger partial charge in [0, 0.05) is 31.7 Å². The first kappa shape index (κ1) is 23.2. The van der Waals surface area contributed by atoms with Crippen LogP contribution in [0.2, 0.25) is 0 Å². The Morgan fingerprint density at radius 2 is 1.74 bits per heavy atom. The molecule has 2 heterocycles. The van der Waals surface area contributed by atoms with Crippen LogP contribution < -0.4 is 0 Å². The van der Waals surface area contributed by atoms with Crippen LogP contribution >= 0.6 is 0 Å². The normalized spacial score (nSPS) is 22.0. The average molecular weight is 455 g/mol. The van der Waals surface area contributed by atoms with Gasteiger partial charge in [0.2, 0.25) is 0 Å². The van der Waals surface area contributed by atoms with Crippen molar-refractivity contribution in [2.45, 2.75) is 38.3 Å². The maximum atomic E-state index is 13.0. The Kier molecular flexibility index (Phi) is 6.98. The Hall–Kier alpha value is -2.49. The smallest absolute Gasteiger partial charge is 0.309 e. The van der Waals surface area contributed by atoms with E-state index in [9.17, 15) is 27.2 Å². The molecule has 2 atom stereocenters. The van der Waals surface area contributed by atoms with Crippen molar-refractivity contribution < 1.29 is 31.9 Å². The summed E-state index contributed by atoms with van der Waals surface area (Å²) in [6.45, 7) is 2.20. The van der Waals surface area contributed by atoms with Gasteiger partial charge in [-0.3, -0.25) is 14.4 Å². The van der Waals surface area contributed by atoms with Crippen molar-refractivity contribution in [3.63, 3.8) is 0 Å². The van der Waals surface area contributed by atoms with Crippen molar-refractivity contribution in [2.24, 2.45) is 5.92 Å². The lowest BCUT2D eigenvalue weighted by Crippen LogP contribution is -2.45. The van der Waals surface area contributed by atoms with Gasteiger partial charge >= 0.3 is 5.97 Å². The summed E-state index contributed by atoms with van der Waals surface area (Å²) in [6, 6.07) is 4.91. The van der Waals surface area contributed by atoms with E-state index in [2.05, 4.69) is 0 Å². The summed E-state index contributed by atoms with van der Waals surface area (Å²) >= 11 is 0. The zero-order valence-corrected chi connectivity index (χ0v) is 18.4. The molecule has 0 unspecified atom stereocenters. The number of piperidine rings is 1. The first-order chi connectivity index (χ1) is 14.6. The summed E-state index contributed by atoms with van der Waals surface area (Å²) < 4.78 is 41.7. The summed E-state index contributed by atoms with van der Waals surface area (Å²) in [6.07, 6.45) is 0.179. The Labute approximate surface area is 181 Å². The van der Waals surface area contributed by atoms with Gasteiger partial charge in [-0.25, -0.2) is 12.8 Å². The number of halogens is 1. The van der Waals surface area contributed by atoms with Crippen molar-refractivity contribution >= 4 is 27.6 Å². The molecule has 10 heteroatoms. The number of carbonyl (C=O) groups is 3. The van der Waals surface area contributed by atoms with E-state index < -0.39 is 45.6 Å². The number of likely N-dealkylation sites (N-methyl/N-ethyl adjacent to an activating group) is 1. The van der Waals surface area contributed by atoms with Gasteiger partial charge in [-0.05, 0) is 50.5 Å². The molecule has 2 aliphatic heterocycles. The number of hydrogen-bond acceptors (Lipinski definition) is 6. The molecule has 2 fully saturated rings. The second kappa shape index (κ2) is 9.33. The number of ether oxygens (including phenoxy) is 1. The zero-order valence-electron chi connectivity index (χ0n) is 17.6. The maximum Gasteiger partial charge on any atom is 0.309 e. The highest BCUT2D eigenvalue weighted by molar-refractivity contribution is 7.91. The first-order valence-electron chi connectivity index (χ1n) is 10.3. The van der Waals surface area contributed by atoms with Gasteiger partial charge in [0.15, 0.2) is 15.9 Å². The van der Waals surface area contributed by atoms with Gasteiger partial charge in [-0.1, -0.05) is 0 Å². The van der Waals surface area contributed by atoms with Gasteiger partial charge in [-0.15, -0.1) is 0 Å². The standard InChI is InChI=1S/C21H27FN2O6S/c1-14(19(25)23(2)18-9-12-31(28,29)13-18)30-21(27)16-7-10-24(11-8-16)20(26)15-3-5-17(22)6-4-15/h3-6,14,16,18H,7-13H2,1-2H3/t14-,18-/m1/s1. The van der Waals surface area contributed by atoms with Crippen LogP contribution in [0.25, 0.3) is 0 Å². The van der Waals surface area contributed by atoms with E-state index in [1.54, 1.807) is 4.90 Å². The largest absolute Gasteiger partial charge is 0.452 e. The highest BCUT2D eigenvalue weighted by Gasteiger charge is 2.36. The fourth-order valence-electron chi connectivity index (χ4n) is 3.96. The average Bonchev–Trinajstić information content (AvgIpc) is 3.12. The number of hydrogen-bond donors (Lipinski definition) is 0. The van der Waals surface area contributed by atoms with Crippen molar-refractivity contribution in [2.75, 3.05) is 31.6 Å². The molecular formula is C21H27FN2O6S. The molecule has 2 amide bonds. The topological polar surface area (TPSA) is 101 Å². The molecule has 170 valence electrons. The third-order valence-electron chi connectivity index (χ3n) is 5.95. The van der Waals surface area contributed by atoms with Crippen LogP contribution in [-0.4, -0.2) is 79.8 Å². The predicted molar refractivity (Wildman–Crippen MR) is 110 cm³/mol. The number of benzene rings is 1. The van der Waals surface area contributed by atoms with Crippen LogP contribution in [0.1, 0.15) is 36.5 Å². The quantitative estimate of drug-likeness (QED) is 0.621. The predicted octanol–water partition coefficient (Wildman–Crippen LogP) is 1.26. The van der Waals surface area contributed by atoms with E-state index in [0.29, 0.717) is 37.9 Å². The van der Waals surface area contributed by atoms with E-state index in [1.807, 2.05) is 0 Å². The number of amides is 2. The Morgan fingerprint density at radius 3 is 2.29 bits per heavy atom. The molecule has 0 bridgehead atoms.